The molecule has 0 radical (unpaired) electrons. The first-order valence-electron chi connectivity index (χ1n) is 5.79. The Morgan fingerprint density at radius 2 is 2.33 bits per heavy atom. The smallest absolute Gasteiger partial charge is 0.0921 e. The summed E-state index contributed by atoms with van der Waals surface area (Å²) in [5.74, 6) is 0. The van der Waals surface area contributed by atoms with Gasteiger partial charge in [0.05, 0.1) is 19.5 Å². The SMILES string of the molecule is N[C@H](COCc1cccc(I)c1)Cc1cnc[nH]1. The van der Waals surface area contributed by atoms with Crippen molar-refractivity contribution in [1.29, 1.82) is 0 Å². The molecule has 0 saturated heterocycles. The molecule has 0 aliphatic carbocycles. The Morgan fingerprint density at radius 1 is 1.44 bits per heavy atom. The number of nitrogens with two attached hydrogens (primary N) is 1. The number of rotatable bonds is 6. The zero-order valence-corrected chi connectivity index (χ0v) is 12.1. The summed E-state index contributed by atoms with van der Waals surface area (Å²) in [6.45, 7) is 1.15. The zero-order chi connectivity index (χ0) is 12.8. The van der Waals surface area contributed by atoms with Crippen LogP contribution in [-0.2, 0) is 17.8 Å². The molecule has 2 aromatic rings. The van der Waals surface area contributed by atoms with Gasteiger partial charge in [-0.05, 0) is 40.3 Å². The first kappa shape index (κ1) is 13.5. The van der Waals surface area contributed by atoms with Crippen LogP contribution in [0.4, 0.5) is 0 Å². The van der Waals surface area contributed by atoms with Crippen LogP contribution in [-0.4, -0.2) is 22.6 Å². The van der Waals surface area contributed by atoms with Gasteiger partial charge in [-0.15, -0.1) is 0 Å². The Bertz CT molecular complexity index is 473. The highest BCUT2D eigenvalue weighted by Crippen LogP contribution is 2.09. The van der Waals surface area contributed by atoms with Crippen LogP contribution >= 0.6 is 22.6 Å². The molecule has 1 aromatic heterocycles. The van der Waals surface area contributed by atoms with Gasteiger partial charge in [-0.25, -0.2) is 4.98 Å². The van der Waals surface area contributed by atoms with Gasteiger partial charge in [-0.1, -0.05) is 12.1 Å². The van der Waals surface area contributed by atoms with Crippen molar-refractivity contribution in [3.05, 3.63) is 51.6 Å². The van der Waals surface area contributed by atoms with E-state index in [1.54, 1.807) is 12.5 Å². The molecule has 0 aliphatic heterocycles. The Kier molecular flexibility index (Phi) is 5.15. The molecular formula is C13H16IN3O. The molecule has 0 spiro atoms. The largest absolute Gasteiger partial charge is 0.375 e. The van der Waals surface area contributed by atoms with Crippen LogP contribution in [0.5, 0.6) is 0 Å². The third-order valence-electron chi connectivity index (χ3n) is 2.53. The maximum absolute atomic E-state index is 5.98. The summed E-state index contributed by atoms with van der Waals surface area (Å²) in [5, 5.41) is 0. The Balaban J connectivity index is 1.72. The van der Waals surface area contributed by atoms with Crippen LogP contribution < -0.4 is 5.73 Å². The van der Waals surface area contributed by atoms with Crippen molar-refractivity contribution in [3.63, 3.8) is 0 Å². The van der Waals surface area contributed by atoms with E-state index in [1.807, 2.05) is 6.07 Å². The summed E-state index contributed by atoms with van der Waals surface area (Å²) in [6.07, 6.45) is 4.21. The molecule has 1 atom stereocenters. The van der Waals surface area contributed by atoms with Gasteiger partial charge < -0.3 is 15.5 Å². The topological polar surface area (TPSA) is 63.9 Å². The van der Waals surface area contributed by atoms with Crippen LogP contribution in [0.15, 0.2) is 36.8 Å². The monoisotopic (exact) mass is 357 g/mol. The third kappa shape index (κ3) is 4.40. The number of hydrogen-bond donors (Lipinski definition) is 2. The van der Waals surface area contributed by atoms with E-state index >= 15 is 0 Å². The molecule has 3 N–H and O–H groups in total. The summed E-state index contributed by atoms with van der Waals surface area (Å²) in [6, 6.07) is 8.26. The number of imidazole rings is 1. The van der Waals surface area contributed by atoms with E-state index in [0.29, 0.717) is 13.2 Å². The van der Waals surface area contributed by atoms with Crippen LogP contribution in [0.3, 0.4) is 0 Å². The lowest BCUT2D eigenvalue weighted by Gasteiger charge is -2.11. The van der Waals surface area contributed by atoms with Gasteiger partial charge >= 0.3 is 0 Å². The van der Waals surface area contributed by atoms with Crippen molar-refractivity contribution in [2.75, 3.05) is 6.61 Å². The molecule has 2 rings (SSSR count). The van der Waals surface area contributed by atoms with Crippen molar-refractivity contribution in [3.8, 4) is 0 Å². The first-order chi connectivity index (χ1) is 8.74. The quantitative estimate of drug-likeness (QED) is 0.779. The minimum absolute atomic E-state index is 0.00626. The van der Waals surface area contributed by atoms with Crippen LogP contribution in [0.1, 0.15) is 11.3 Å². The molecule has 0 fully saturated rings. The van der Waals surface area contributed by atoms with Gasteiger partial charge in [0, 0.05) is 27.9 Å². The lowest BCUT2D eigenvalue weighted by molar-refractivity contribution is 0.107. The van der Waals surface area contributed by atoms with Crippen molar-refractivity contribution in [1.82, 2.24) is 9.97 Å². The molecule has 18 heavy (non-hydrogen) atoms. The second-order valence-electron chi connectivity index (χ2n) is 4.19. The predicted octanol–water partition coefficient (Wildman–Crippen LogP) is 2.10. The van der Waals surface area contributed by atoms with E-state index in [4.69, 9.17) is 10.5 Å². The summed E-state index contributed by atoms with van der Waals surface area (Å²) in [7, 11) is 0. The standard InChI is InChI=1S/C13H16IN3O/c14-11-3-1-2-10(4-11)7-18-8-12(15)5-13-6-16-9-17-13/h1-4,6,9,12H,5,7-8,15H2,(H,16,17)/t12-/m0/s1. The van der Waals surface area contributed by atoms with E-state index in [2.05, 4.69) is 50.8 Å². The van der Waals surface area contributed by atoms with E-state index < -0.39 is 0 Å². The minimum atomic E-state index is -0.00626. The molecular weight excluding hydrogens is 341 g/mol. The number of nitrogens with zero attached hydrogens (tertiary/aromatic N) is 1. The Labute approximate surface area is 120 Å². The minimum Gasteiger partial charge on any atom is -0.375 e. The van der Waals surface area contributed by atoms with Crippen LogP contribution in [0.25, 0.3) is 0 Å². The molecule has 96 valence electrons. The number of ether oxygens (including phenoxy) is 1. The second-order valence-corrected chi connectivity index (χ2v) is 5.43. The van der Waals surface area contributed by atoms with E-state index in [-0.39, 0.29) is 6.04 Å². The fourth-order valence-electron chi connectivity index (χ4n) is 1.69. The normalized spacial score (nSPS) is 12.6. The van der Waals surface area contributed by atoms with Crippen molar-refractivity contribution >= 4 is 22.6 Å². The van der Waals surface area contributed by atoms with E-state index in [0.717, 1.165) is 12.1 Å². The third-order valence-corrected chi connectivity index (χ3v) is 3.20. The molecule has 1 heterocycles. The van der Waals surface area contributed by atoms with E-state index in [9.17, 15) is 0 Å². The second kappa shape index (κ2) is 6.86. The molecule has 5 heteroatoms. The first-order valence-corrected chi connectivity index (χ1v) is 6.87. The molecule has 0 aliphatic rings. The number of aromatic amines is 1. The number of aromatic nitrogens is 2. The average molecular weight is 357 g/mol. The predicted molar refractivity (Wildman–Crippen MR) is 79.1 cm³/mol. The van der Waals surface area contributed by atoms with Crippen LogP contribution in [0.2, 0.25) is 0 Å². The Morgan fingerprint density at radius 3 is 3.06 bits per heavy atom. The molecule has 4 nitrogen and oxygen atoms in total. The number of benzene rings is 1. The number of halogens is 1. The summed E-state index contributed by atoms with van der Waals surface area (Å²) >= 11 is 2.29. The average Bonchev–Trinajstić information content (AvgIpc) is 2.82. The maximum atomic E-state index is 5.98. The van der Waals surface area contributed by atoms with Crippen molar-refractivity contribution < 1.29 is 4.74 Å². The van der Waals surface area contributed by atoms with Crippen molar-refractivity contribution in [2.24, 2.45) is 5.73 Å². The van der Waals surface area contributed by atoms with Gasteiger partial charge in [0.15, 0.2) is 0 Å². The maximum Gasteiger partial charge on any atom is 0.0921 e. The molecule has 0 unspecified atom stereocenters. The number of H-pyrrole nitrogens is 1. The highest BCUT2D eigenvalue weighted by Gasteiger charge is 2.05. The molecule has 1 aromatic carbocycles. The van der Waals surface area contributed by atoms with Gasteiger partial charge in [-0.2, -0.15) is 0 Å². The molecule has 0 bridgehead atoms. The fraction of sp³-hybridized carbons (Fsp3) is 0.308. The summed E-state index contributed by atoms with van der Waals surface area (Å²) in [4.78, 5) is 7.00. The zero-order valence-electron chi connectivity index (χ0n) is 9.97. The van der Waals surface area contributed by atoms with Gasteiger partial charge in [0.1, 0.15) is 0 Å². The highest BCUT2D eigenvalue weighted by atomic mass is 127. The number of nitrogens with one attached hydrogen (secondary N) is 1. The summed E-state index contributed by atoms with van der Waals surface area (Å²) < 4.78 is 6.84. The lowest BCUT2D eigenvalue weighted by atomic mass is 10.2. The van der Waals surface area contributed by atoms with Gasteiger partial charge in [0.25, 0.3) is 0 Å². The molecule has 0 amide bonds. The van der Waals surface area contributed by atoms with E-state index in [1.165, 1.54) is 9.13 Å². The van der Waals surface area contributed by atoms with Crippen molar-refractivity contribution in [2.45, 2.75) is 19.1 Å². The van der Waals surface area contributed by atoms with Crippen LogP contribution in [0, 0.1) is 3.57 Å². The molecule has 0 saturated carbocycles. The van der Waals surface area contributed by atoms with Gasteiger partial charge in [0.2, 0.25) is 0 Å². The summed E-state index contributed by atoms with van der Waals surface area (Å²) in [5.41, 5.74) is 8.20. The Hall–Kier alpha value is -0.920. The lowest BCUT2D eigenvalue weighted by Crippen LogP contribution is -2.28. The number of hydrogen-bond acceptors (Lipinski definition) is 3. The van der Waals surface area contributed by atoms with Gasteiger partial charge in [-0.3, -0.25) is 0 Å². The highest BCUT2D eigenvalue weighted by molar-refractivity contribution is 14.1. The fourth-order valence-corrected chi connectivity index (χ4v) is 2.30.